The van der Waals surface area contributed by atoms with Crippen LogP contribution in [-0.4, -0.2) is 31.3 Å². The molecule has 1 unspecified atom stereocenters. The van der Waals surface area contributed by atoms with Crippen LogP contribution < -0.4 is 15.5 Å². The highest BCUT2D eigenvalue weighted by atomic mass is 32.2. The number of rotatable bonds is 7. The summed E-state index contributed by atoms with van der Waals surface area (Å²) in [7, 11) is -3.88. The summed E-state index contributed by atoms with van der Waals surface area (Å²) in [5.41, 5.74) is 1.46. The van der Waals surface area contributed by atoms with Crippen LogP contribution in [0.1, 0.15) is 27.7 Å². The van der Waals surface area contributed by atoms with E-state index in [-0.39, 0.29) is 17.0 Å². The zero-order valence-corrected chi connectivity index (χ0v) is 19.1. The van der Waals surface area contributed by atoms with Gasteiger partial charge in [0.15, 0.2) is 0 Å². The first-order valence-corrected chi connectivity index (χ1v) is 12.2. The van der Waals surface area contributed by atoms with E-state index in [0.717, 1.165) is 4.88 Å². The van der Waals surface area contributed by atoms with E-state index in [1.165, 1.54) is 35.6 Å². The van der Waals surface area contributed by atoms with Gasteiger partial charge in [0.1, 0.15) is 5.54 Å². The van der Waals surface area contributed by atoms with E-state index >= 15 is 0 Å². The molecule has 0 bridgehead atoms. The summed E-state index contributed by atoms with van der Waals surface area (Å²) in [6.45, 7) is 1.66. The molecule has 0 saturated carbocycles. The molecule has 1 saturated heterocycles. The summed E-state index contributed by atoms with van der Waals surface area (Å²) in [6.07, 6.45) is 0. The number of imide groups is 1. The number of carbonyl (C=O) groups excluding carboxylic acids is 3. The average molecular weight is 485 g/mol. The third kappa shape index (κ3) is 4.51. The zero-order valence-electron chi connectivity index (χ0n) is 17.4. The molecule has 4 amide bonds. The highest BCUT2D eigenvalue weighted by molar-refractivity contribution is 7.89. The number of nitrogens with zero attached hydrogens (tertiary/aromatic N) is 1. The van der Waals surface area contributed by atoms with Gasteiger partial charge < -0.3 is 5.32 Å². The number of urea groups is 1. The number of amides is 4. The molecular weight excluding hydrogens is 464 g/mol. The maximum Gasteiger partial charge on any atom is 0.344 e. The van der Waals surface area contributed by atoms with Gasteiger partial charge in [-0.05, 0) is 42.1 Å². The minimum absolute atomic E-state index is 0.0251. The molecule has 1 fully saturated rings. The number of nitrogens with one attached hydrogen (secondary N) is 3. The standard InChI is InChI=1S/C22H20N4O5S2/c1-22(16-8-3-2-4-9-16)20(28)26(21(29)24-22)25-19(27)15-7-5-11-18(13-15)33(30,31)23-14-17-10-6-12-32-17/h2-13,23H,14H2,1H3,(H,24,29)(H,25,27). The lowest BCUT2D eigenvalue weighted by atomic mass is 9.92. The van der Waals surface area contributed by atoms with Gasteiger partial charge >= 0.3 is 6.03 Å². The maximum atomic E-state index is 13.0. The van der Waals surface area contributed by atoms with Crippen molar-refractivity contribution in [3.8, 4) is 0 Å². The molecule has 1 aliphatic rings. The summed E-state index contributed by atoms with van der Waals surface area (Å²) in [5, 5.41) is 5.03. The quantitative estimate of drug-likeness (QED) is 0.444. The summed E-state index contributed by atoms with van der Waals surface area (Å²) in [6, 6.07) is 16.8. The van der Waals surface area contributed by atoms with Gasteiger partial charge in [-0.3, -0.25) is 15.0 Å². The van der Waals surface area contributed by atoms with Crippen LogP contribution in [0, 0.1) is 0 Å². The molecule has 9 nitrogen and oxygen atoms in total. The molecule has 2 heterocycles. The zero-order chi connectivity index (χ0) is 23.6. The van der Waals surface area contributed by atoms with E-state index in [4.69, 9.17) is 0 Å². The van der Waals surface area contributed by atoms with Crippen molar-refractivity contribution in [3.63, 3.8) is 0 Å². The van der Waals surface area contributed by atoms with Crippen molar-refractivity contribution < 1.29 is 22.8 Å². The van der Waals surface area contributed by atoms with Crippen molar-refractivity contribution in [2.24, 2.45) is 0 Å². The maximum absolute atomic E-state index is 13.0. The molecule has 4 rings (SSSR count). The number of hydrogen-bond donors (Lipinski definition) is 3. The first-order valence-electron chi connectivity index (χ1n) is 9.86. The first-order chi connectivity index (χ1) is 15.7. The third-order valence-electron chi connectivity index (χ3n) is 5.18. The topological polar surface area (TPSA) is 125 Å². The Morgan fingerprint density at radius 3 is 2.52 bits per heavy atom. The van der Waals surface area contributed by atoms with Crippen molar-refractivity contribution in [1.82, 2.24) is 20.5 Å². The highest BCUT2D eigenvalue weighted by Crippen LogP contribution is 2.27. The lowest BCUT2D eigenvalue weighted by Crippen LogP contribution is -2.47. The molecule has 0 radical (unpaired) electrons. The summed E-state index contributed by atoms with van der Waals surface area (Å²) in [5.74, 6) is -1.46. The number of thiophene rings is 1. The lowest BCUT2D eigenvalue weighted by molar-refractivity contribution is -0.132. The number of carbonyl (C=O) groups is 3. The van der Waals surface area contributed by atoms with Gasteiger partial charge in [-0.2, -0.15) is 5.01 Å². The molecule has 3 aromatic rings. The molecule has 0 aliphatic carbocycles. The Balaban J connectivity index is 1.50. The smallest absolute Gasteiger partial charge is 0.318 e. The minimum Gasteiger partial charge on any atom is -0.318 e. The third-order valence-corrected chi connectivity index (χ3v) is 7.45. The molecule has 1 aromatic heterocycles. The number of benzene rings is 2. The van der Waals surface area contributed by atoms with Crippen molar-refractivity contribution in [1.29, 1.82) is 0 Å². The fourth-order valence-corrected chi connectivity index (χ4v) is 5.13. The van der Waals surface area contributed by atoms with Crippen LogP contribution in [-0.2, 0) is 26.9 Å². The van der Waals surface area contributed by atoms with Gasteiger partial charge in [0, 0.05) is 17.0 Å². The Labute approximate surface area is 194 Å². The van der Waals surface area contributed by atoms with Crippen LogP contribution in [0.25, 0.3) is 0 Å². The van der Waals surface area contributed by atoms with Crippen LogP contribution >= 0.6 is 11.3 Å². The van der Waals surface area contributed by atoms with Crippen LogP contribution in [0.5, 0.6) is 0 Å². The molecule has 1 aliphatic heterocycles. The molecule has 1 atom stereocenters. The Kier molecular flexibility index (Phi) is 6.02. The van der Waals surface area contributed by atoms with E-state index in [1.54, 1.807) is 43.3 Å². The van der Waals surface area contributed by atoms with Crippen molar-refractivity contribution in [3.05, 3.63) is 88.1 Å². The van der Waals surface area contributed by atoms with Crippen molar-refractivity contribution in [2.45, 2.75) is 23.9 Å². The van der Waals surface area contributed by atoms with Crippen LogP contribution in [0.2, 0.25) is 0 Å². The van der Waals surface area contributed by atoms with Gasteiger partial charge in [0.2, 0.25) is 10.0 Å². The number of hydrazine groups is 1. The molecular formula is C22H20N4O5S2. The van der Waals surface area contributed by atoms with E-state index < -0.39 is 33.4 Å². The first kappa shape index (κ1) is 22.6. The Morgan fingerprint density at radius 2 is 1.82 bits per heavy atom. The number of sulfonamides is 1. The number of hydrogen-bond acceptors (Lipinski definition) is 6. The minimum atomic E-state index is -3.88. The van der Waals surface area contributed by atoms with Gasteiger partial charge in [-0.15, -0.1) is 11.3 Å². The van der Waals surface area contributed by atoms with Crippen molar-refractivity contribution in [2.75, 3.05) is 0 Å². The van der Waals surface area contributed by atoms with E-state index in [9.17, 15) is 22.8 Å². The second-order valence-corrected chi connectivity index (χ2v) is 10.2. The molecule has 11 heteroatoms. The summed E-state index contributed by atoms with van der Waals surface area (Å²) < 4.78 is 27.7. The van der Waals surface area contributed by atoms with Gasteiger partial charge in [-0.1, -0.05) is 42.5 Å². The Morgan fingerprint density at radius 1 is 1.06 bits per heavy atom. The predicted molar refractivity (Wildman–Crippen MR) is 121 cm³/mol. The van der Waals surface area contributed by atoms with E-state index in [2.05, 4.69) is 15.5 Å². The molecule has 33 heavy (non-hydrogen) atoms. The summed E-state index contributed by atoms with van der Waals surface area (Å²) in [4.78, 5) is 38.9. The van der Waals surface area contributed by atoms with E-state index in [1.807, 2.05) is 11.4 Å². The fourth-order valence-electron chi connectivity index (χ4n) is 3.34. The van der Waals surface area contributed by atoms with Gasteiger partial charge in [-0.25, -0.2) is 17.9 Å². The van der Waals surface area contributed by atoms with Crippen LogP contribution in [0.3, 0.4) is 0 Å². The SMILES string of the molecule is CC1(c2ccccc2)NC(=O)N(NC(=O)c2cccc(S(=O)(=O)NCc3cccs3)c2)C1=O. The normalized spacial score (nSPS) is 18.3. The molecule has 2 aromatic carbocycles. The van der Waals surface area contributed by atoms with E-state index in [0.29, 0.717) is 10.6 Å². The van der Waals surface area contributed by atoms with Crippen LogP contribution in [0.15, 0.2) is 77.0 Å². The second-order valence-electron chi connectivity index (χ2n) is 7.43. The van der Waals surface area contributed by atoms with Crippen molar-refractivity contribution >= 4 is 39.2 Å². The fraction of sp³-hybridized carbons (Fsp3) is 0.136. The Bertz CT molecular complexity index is 1310. The van der Waals surface area contributed by atoms with Gasteiger partial charge in [0.05, 0.1) is 4.90 Å². The summed E-state index contributed by atoms with van der Waals surface area (Å²) >= 11 is 1.42. The van der Waals surface area contributed by atoms with Gasteiger partial charge in [0.25, 0.3) is 11.8 Å². The van der Waals surface area contributed by atoms with Crippen LogP contribution in [0.4, 0.5) is 4.79 Å². The Hall–Kier alpha value is -3.54. The second kappa shape index (κ2) is 8.77. The predicted octanol–water partition coefficient (Wildman–Crippen LogP) is 2.34. The lowest BCUT2D eigenvalue weighted by Gasteiger charge is -2.22. The monoisotopic (exact) mass is 484 g/mol. The molecule has 170 valence electrons. The molecule has 3 N–H and O–H groups in total. The average Bonchev–Trinajstić information content (AvgIpc) is 3.41. The largest absolute Gasteiger partial charge is 0.344 e. The molecule has 0 spiro atoms. The highest BCUT2D eigenvalue weighted by Gasteiger charge is 2.50.